The van der Waals surface area contributed by atoms with Gasteiger partial charge in [0, 0.05) is 24.8 Å². The normalized spacial score (nSPS) is 15.4. The van der Waals surface area contributed by atoms with Crippen molar-refractivity contribution in [1.29, 1.82) is 0 Å². The van der Waals surface area contributed by atoms with Crippen molar-refractivity contribution in [2.75, 3.05) is 19.8 Å². The third kappa shape index (κ3) is 8.08. The zero-order valence-corrected chi connectivity index (χ0v) is 11.4. The topological polar surface area (TPSA) is 41.5 Å². The summed E-state index contributed by atoms with van der Waals surface area (Å²) in [5.41, 5.74) is -0.164. The van der Waals surface area contributed by atoms with Gasteiger partial charge in [0.1, 0.15) is 0 Å². The van der Waals surface area contributed by atoms with E-state index in [9.17, 15) is 5.11 Å². The Morgan fingerprint density at radius 2 is 1.88 bits per heavy atom. The van der Waals surface area contributed by atoms with Crippen LogP contribution in [0.5, 0.6) is 0 Å². The predicted molar refractivity (Wildman–Crippen MR) is 68.7 cm³/mol. The molecule has 0 amide bonds. The summed E-state index contributed by atoms with van der Waals surface area (Å²) in [4.78, 5) is 0. The lowest BCUT2D eigenvalue weighted by Crippen LogP contribution is -2.49. The van der Waals surface area contributed by atoms with Gasteiger partial charge in [0.15, 0.2) is 0 Å². The molecular formula is C13H29NO2. The maximum atomic E-state index is 9.37. The molecule has 0 aliphatic carbocycles. The van der Waals surface area contributed by atoms with Gasteiger partial charge in [-0.1, -0.05) is 27.2 Å². The zero-order valence-electron chi connectivity index (χ0n) is 11.4. The average molecular weight is 231 g/mol. The molecule has 16 heavy (non-hydrogen) atoms. The number of hydrogen-bond donors (Lipinski definition) is 2. The standard InChI is InChI=1S/C13H29NO2/c1-5-6-9-16-10-7-8-13(4,11-15)14-12(2)3/h12,14-15H,5-11H2,1-4H3. The summed E-state index contributed by atoms with van der Waals surface area (Å²) in [5, 5.41) is 12.8. The van der Waals surface area contributed by atoms with Gasteiger partial charge in [0.2, 0.25) is 0 Å². The van der Waals surface area contributed by atoms with E-state index in [4.69, 9.17) is 4.74 Å². The molecule has 0 heterocycles. The Balaban J connectivity index is 3.61. The summed E-state index contributed by atoms with van der Waals surface area (Å²) in [5.74, 6) is 0. The summed E-state index contributed by atoms with van der Waals surface area (Å²) in [6, 6.07) is 0.401. The lowest BCUT2D eigenvalue weighted by molar-refractivity contribution is 0.105. The molecule has 0 bridgehead atoms. The molecule has 0 saturated heterocycles. The molecule has 0 radical (unpaired) electrons. The smallest absolute Gasteiger partial charge is 0.0610 e. The number of nitrogens with one attached hydrogen (secondary N) is 1. The number of unbranched alkanes of at least 4 members (excludes halogenated alkanes) is 1. The van der Waals surface area contributed by atoms with Crippen molar-refractivity contribution in [3.63, 3.8) is 0 Å². The summed E-state index contributed by atoms with van der Waals surface area (Å²) in [7, 11) is 0. The molecule has 0 fully saturated rings. The fourth-order valence-electron chi connectivity index (χ4n) is 1.81. The number of aliphatic hydroxyl groups excluding tert-OH is 1. The van der Waals surface area contributed by atoms with Crippen molar-refractivity contribution in [2.45, 2.75) is 65.0 Å². The van der Waals surface area contributed by atoms with Gasteiger partial charge in [-0.05, 0) is 26.2 Å². The Labute approximate surface area is 101 Å². The Kier molecular flexibility index (Phi) is 8.90. The third-order valence-corrected chi connectivity index (χ3v) is 2.65. The molecule has 3 nitrogen and oxygen atoms in total. The van der Waals surface area contributed by atoms with Gasteiger partial charge in [-0.25, -0.2) is 0 Å². The first kappa shape index (κ1) is 15.9. The van der Waals surface area contributed by atoms with E-state index in [0.29, 0.717) is 6.04 Å². The highest BCUT2D eigenvalue weighted by Gasteiger charge is 2.22. The minimum atomic E-state index is -0.164. The van der Waals surface area contributed by atoms with E-state index in [1.807, 2.05) is 0 Å². The minimum Gasteiger partial charge on any atom is -0.394 e. The SMILES string of the molecule is CCCCOCCCC(C)(CO)NC(C)C. The minimum absolute atomic E-state index is 0.164. The van der Waals surface area contributed by atoms with Crippen LogP contribution in [-0.2, 0) is 4.74 Å². The van der Waals surface area contributed by atoms with Crippen LogP contribution in [0.15, 0.2) is 0 Å². The van der Waals surface area contributed by atoms with E-state index >= 15 is 0 Å². The molecule has 0 aromatic heterocycles. The second kappa shape index (κ2) is 8.97. The molecule has 0 rings (SSSR count). The van der Waals surface area contributed by atoms with E-state index in [1.54, 1.807) is 0 Å². The quantitative estimate of drug-likeness (QED) is 0.567. The first-order chi connectivity index (χ1) is 7.54. The van der Waals surface area contributed by atoms with Crippen LogP contribution >= 0.6 is 0 Å². The molecule has 98 valence electrons. The lowest BCUT2D eigenvalue weighted by Gasteiger charge is -2.31. The molecule has 0 aliphatic rings. The first-order valence-corrected chi connectivity index (χ1v) is 6.50. The van der Waals surface area contributed by atoms with E-state index in [1.165, 1.54) is 6.42 Å². The van der Waals surface area contributed by atoms with Gasteiger partial charge in [0.05, 0.1) is 6.61 Å². The average Bonchev–Trinajstić information content (AvgIpc) is 2.22. The van der Waals surface area contributed by atoms with Crippen LogP contribution in [-0.4, -0.2) is 36.5 Å². The van der Waals surface area contributed by atoms with E-state index < -0.39 is 0 Å². The number of aliphatic hydroxyl groups is 1. The predicted octanol–water partition coefficient (Wildman–Crippen LogP) is 2.33. The van der Waals surface area contributed by atoms with Crippen LogP contribution in [0.2, 0.25) is 0 Å². The van der Waals surface area contributed by atoms with Crippen molar-refractivity contribution in [1.82, 2.24) is 5.32 Å². The molecule has 0 aliphatic heterocycles. The van der Waals surface area contributed by atoms with Crippen LogP contribution in [0, 0.1) is 0 Å². The maximum Gasteiger partial charge on any atom is 0.0610 e. The molecule has 0 aromatic rings. The highest BCUT2D eigenvalue weighted by molar-refractivity contribution is 4.83. The van der Waals surface area contributed by atoms with Gasteiger partial charge in [-0.15, -0.1) is 0 Å². The Bertz CT molecular complexity index is 162. The Morgan fingerprint density at radius 3 is 2.38 bits per heavy atom. The van der Waals surface area contributed by atoms with Crippen molar-refractivity contribution >= 4 is 0 Å². The molecule has 3 heteroatoms. The molecule has 1 atom stereocenters. The van der Waals surface area contributed by atoms with Gasteiger partial charge >= 0.3 is 0 Å². The molecule has 2 N–H and O–H groups in total. The van der Waals surface area contributed by atoms with Crippen LogP contribution in [0.25, 0.3) is 0 Å². The van der Waals surface area contributed by atoms with Crippen molar-refractivity contribution in [3.8, 4) is 0 Å². The fraction of sp³-hybridized carbons (Fsp3) is 1.00. The number of hydrogen-bond acceptors (Lipinski definition) is 3. The van der Waals surface area contributed by atoms with Crippen LogP contribution in [0.1, 0.15) is 53.4 Å². The van der Waals surface area contributed by atoms with Crippen molar-refractivity contribution < 1.29 is 9.84 Å². The Morgan fingerprint density at radius 1 is 1.25 bits per heavy atom. The summed E-state index contributed by atoms with van der Waals surface area (Å²) in [6.45, 7) is 10.3. The molecule has 0 spiro atoms. The monoisotopic (exact) mass is 231 g/mol. The number of rotatable bonds is 10. The van der Waals surface area contributed by atoms with Gasteiger partial charge in [0.25, 0.3) is 0 Å². The van der Waals surface area contributed by atoms with Crippen LogP contribution < -0.4 is 5.32 Å². The highest BCUT2D eigenvalue weighted by Crippen LogP contribution is 2.12. The fourth-order valence-corrected chi connectivity index (χ4v) is 1.81. The van der Waals surface area contributed by atoms with Crippen LogP contribution in [0.4, 0.5) is 0 Å². The van der Waals surface area contributed by atoms with Crippen molar-refractivity contribution in [3.05, 3.63) is 0 Å². The van der Waals surface area contributed by atoms with Gasteiger partial charge in [-0.2, -0.15) is 0 Å². The second-order valence-electron chi connectivity index (χ2n) is 5.09. The number of ether oxygens (including phenoxy) is 1. The van der Waals surface area contributed by atoms with Crippen LogP contribution in [0.3, 0.4) is 0 Å². The summed E-state index contributed by atoms with van der Waals surface area (Å²) >= 11 is 0. The Hall–Kier alpha value is -0.120. The highest BCUT2D eigenvalue weighted by atomic mass is 16.5. The second-order valence-corrected chi connectivity index (χ2v) is 5.09. The molecular weight excluding hydrogens is 202 g/mol. The maximum absolute atomic E-state index is 9.37. The molecule has 0 saturated carbocycles. The first-order valence-electron chi connectivity index (χ1n) is 6.50. The summed E-state index contributed by atoms with van der Waals surface area (Å²) in [6.07, 6.45) is 4.28. The largest absolute Gasteiger partial charge is 0.394 e. The van der Waals surface area contributed by atoms with Gasteiger partial charge in [-0.3, -0.25) is 0 Å². The molecule has 0 aromatic carbocycles. The van der Waals surface area contributed by atoms with Crippen molar-refractivity contribution in [2.24, 2.45) is 0 Å². The van der Waals surface area contributed by atoms with E-state index in [-0.39, 0.29) is 12.1 Å². The van der Waals surface area contributed by atoms with E-state index in [0.717, 1.165) is 32.5 Å². The molecule has 1 unspecified atom stereocenters. The zero-order chi connectivity index (χ0) is 12.4. The lowest BCUT2D eigenvalue weighted by atomic mass is 9.96. The van der Waals surface area contributed by atoms with Gasteiger partial charge < -0.3 is 15.2 Å². The third-order valence-electron chi connectivity index (χ3n) is 2.65. The van der Waals surface area contributed by atoms with E-state index in [2.05, 4.69) is 33.0 Å². The summed E-state index contributed by atoms with van der Waals surface area (Å²) < 4.78 is 5.51.